The summed E-state index contributed by atoms with van der Waals surface area (Å²) in [6.07, 6.45) is 3.94. The van der Waals surface area contributed by atoms with Gasteiger partial charge in [-0.05, 0) is 44.1 Å². The molecule has 1 aromatic rings. The first-order valence-corrected chi connectivity index (χ1v) is 9.27. The average Bonchev–Trinajstić information content (AvgIpc) is 2.69. The minimum atomic E-state index is -2.80. The number of hydrogen-bond donors (Lipinski definition) is 1. The second-order valence-corrected chi connectivity index (χ2v) is 8.72. The van der Waals surface area contributed by atoms with Gasteiger partial charge in [-0.3, -0.25) is 0 Å². The van der Waals surface area contributed by atoms with Gasteiger partial charge in [0.15, 0.2) is 9.84 Å². The largest absolute Gasteiger partial charge is 0.313 e. The van der Waals surface area contributed by atoms with E-state index in [1.165, 1.54) is 11.1 Å². The van der Waals surface area contributed by atoms with E-state index < -0.39 is 9.84 Å². The predicted molar refractivity (Wildman–Crippen MR) is 81.8 cm³/mol. The van der Waals surface area contributed by atoms with Crippen molar-refractivity contribution in [3.63, 3.8) is 0 Å². The van der Waals surface area contributed by atoms with E-state index in [1.54, 1.807) is 0 Å². The van der Waals surface area contributed by atoms with E-state index in [0.717, 1.165) is 25.7 Å². The van der Waals surface area contributed by atoms with E-state index in [-0.39, 0.29) is 5.25 Å². The van der Waals surface area contributed by atoms with Gasteiger partial charge in [0.05, 0.1) is 11.0 Å². The third kappa shape index (κ3) is 2.91. The summed E-state index contributed by atoms with van der Waals surface area (Å²) < 4.78 is 23.5. The van der Waals surface area contributed by atoms with Gasteiger partial charge in [-0.25, -0.2) is 8.42 Å². The lowest BCUT2D eigenvalue weighted by Gasteiger charge is -2.37. The van der Waals surface area contributed by atoms with E-state index >= 15 is 0 Å². The van der Waals surface area contributed by atoms with Crippen LogP contribution in [0.4, 0.5) is 0 Å². The zero-order chi connectivity index (χ0) is 14.2. The minimum Gasteiger partial charge on any atom is -0.313 e. The third-order valence-corrected chi connectivity index (χ3v) is 7.06. The average molecular weight is 293 g/mol. The topological polar surface area (TPSA) is 46.2 Å². The molecule has 1 heterocycles. The monoisotopic (exact) mass is 293 g/mol. The van der Waals surface area contributed by atoms with Gasteiger partial charge in [0.1, 0.15) is 0 Å². The number of hydrogen-bond acceptors (Lipinski definition) is 3. The zero-order valence-corrected chi connectivity index (χ0v) is 12.8. The van der Waals surface area contributed by atoms with Crippen molar-refractivity contribution >= 4 is 9.84 Å². The highest BCUT2D eigenvalue weighted by Crippen LogP contribution is 2.37. The Labute approximate surface area is 121 Å². The van der Waals surface area contributed by atoms with Crippen LogP contribution in [-0.4, -0.2) is 32.0 Å². The van der Waals surface area contributed by atoms with E-state index in [4.69, 9.17) is 0 Å². The molecule has 1 unspecified atom stereocenters. The first-order valence-electron chi connectivity index (χ1n) is 7.56. The Morgan fingerprint density at radius 3 is 2.50 bits per heavy atom. The molecule has 1 aromatic carbocycles. The molecule has 0 amide bonds. The van der Waals surface area contributed by atoms with E-state index in [1.807, 2.05) is 0 Å². The fourth-order valence-electron chi connectivity index (χ4n) is 3.28. The van der Waals surface area contributed by atoms with Gasteiger partial charge in [-0.15, -0.1) is 0 Å². The number of aryl methyl sites for hydroxylation is 1. The molecule has 1 aliphatic heterocycles. The summed E-state index contributed by atoms with van der Waals surface area (Å²) in [5.74, 6) is 1.03. The minimum absolute atomic E-state index is 0.138. The maximum atomic E-state index is 11.8. The van der Waals surface area contributed by atoms with Crippen LogP contribution in [0.5, 0.6) is 0 Å². The molecule has 2 fully saturated rings. The smallest absolute Gasteiger partial charge is 0.154 e. The summed E-state index contributed by atoms with van der Waals surface area (Å²) >= 11 is 0. The third-order valence-electron chi connectivity index (χ3n) is 4.78. The van der Waals surface area contributed by atoms with Crippen LogP contribution in [0.15, 0.2) is 24.3 Å². The molecule has 0 aromatic heterocycles. The Morgan fingerprint density at radius 2 is 1.90 bits per heavy atom. The molecular formula is C16H23NO2S. The lowest BCUT2D eigenvalue weighted by atomic mass is 9.75. The maximum Gasteiger partial charge on any atom is 0.154 e. The molecule has 0 radical (unpaired) electrons. The molecule has 1 atom stereocenters. The second kappa shape index (κ2) is 5.49. The highest BCUT2D eigenvalue weighted by molar-refractivity contribution is 7.92. The fraction of sp³-hybridized carbons (Fsp3) is 0.625. The first-order chi connectivity index (χ1) is 9.54. The van der Waals surface area contributed by atoms with Crippen molar-refractivity contribution in [2.45, 2.75) is 49.8 Å². The fourth-order valence-corrected chi connectivity index (χ4v) is 5.06. The quantitative estimate of drug-likeness (QED) is 0.927. The highest BCUT2D eigenvalue weighted by Gasteiger charge is 2.34. The summed E-state index contributed by atoms with van der Waals surface area (Å²) in [6.45, 7) is 2.75. The van der Waals surface area contributed by atoms with Gasteiger partial charge in [-0.2, -0.15) is 0 Å². The van der Waals surface area contributed by atoms with Crippen molar-refractivity contribution in [2.24, 2.45) is 0 Å². The number of sulfone groups is 1. The molecule has 0 spiro atoms. The Balaban J connectivity index is 1.46. The molecule has 1 saturated heterocycles. The van der Waals surface area contributed by atoms with E-state index in [2.05, 4.69) is 36.5 Å². The van der Waals surface area contributed by atoms with Gasteiger partial charge in [0.2, 0.25) is 0 Å². The lowest BCUT2D eigenvalue weighted by molar-refractivity contribution is 0.291. The molecule has 1 N–H and O–H groups in total. The van der Waals surface area contributed by atoms with Crippen molar-refractivity contribution in [1.82, 2.24) is 5.32 Å². The molecule has 0 bridgehead atoms. The maximum absolute atomic E-state index is 11.8. The van der Waals surface area contributed by atoms with Crippen LogP contribution in [0.25, 0.3) is 0 Å². The summed E-state index contributed by atoms with van der Waals surface area (Å²) in [4.78, 5) is 0. The van der Waals surface area contributed by atoms with E-state index in [9.17, 15) is 8.42 Å². The van der Waals surface area contributed by atoms with Crippen LogP contribution < -0.4 is 5.32 Å². The van der Waals surface area contributed by atoms with Crippen molar-refractivity contribution in [3.8, 4) is 0 Å². The van der Waals surface area contributed by atoms with Crippen LogP contribution in [0.1, 0.15) is 42.7 Å². The Kier molecular flexibility index (Phi) is 3.87. The molecule has 2 aliphatic rings. The van der Waals surface area contributed by atoms with E-state index in [0.29, 0.717) is 24.3 Å². The van der Waals surface area contributed by atoms with Crippen molar-refractivity contribution in [1.29, 1.82) is 0 Å². The van der Waals surface area contributed by atoms with Crippen LogP contribution >= 0.6 is 0 Å². The summed E-state index contributed by atoms with van der Waals surface area (Å²) in [7, 11) is -2.80. The van der Waals surface area contributed by atoms with Gasteiger partial charge in [0.25, 0.3) is 0 Å². The van der Waals surface area contributed by atoms with Crippen molar-refractivity contribution < 1.29 is 8.42 Å². The molecular weight excluding hydrogens is 270 g/mol. The van der Waals surface area contributed by atoms with Crippen LogP contribution in [0, 0.1) is 6.92 Å². The van der Waals surface area contributed by atoms with Crippen LogP contribution in [0.3, 0.4) is 0 Å². The van der Waals surface area contributed by atoms with Gasteiger partial charge < -0.3 is 5.32 Å². The Morgan fingerprint density at radius 1 is 1.20 bits per heavy atom. The first kappa shape index (κ1) is 14.1. The number of rotatable bonds is 4. The van der Waals surface area contributed by atoms with Crippen molar-refractivity contribution in [2.75, 3.05) is 12.3 Å². The highest BCUT2D eigenvalue weighted by atomic mass is 32.2. The van der Waals surface area contributed by atoms with Crippen LogP contribution in [0.2, 0.25) is 0 Å². The second-order valence-electron chi connectivity index (χ2n) is 6.32. The van der Waals surface area contributed by atoms with Crippen LogP contribution in [-0.2, 0) is 9.84 Å². The number of nitrogens with one attached hydrogen (secondary N) is 1. The van der Waals surface area contributed by atoms with Gasteiger partial charge in [-0.1, -0.05) is 29.8 Å². The molecule has 3 nitrogen and oxygen atoms in total. The van der Waals surface area contributed by atoms with Crippen molar-refractivity contribution in [3.05, 3.63) is 35.4 Å². The van der Waals surface area contributed by atoms with Gasteiger partial charge >= 0.3 is 0 Å². The molecule has 4 heteroatoms. The number of benzene rings is 1. The summed E-state index contributed by atoms with van der Waals surface area (Å²) in [6, 6.07) is 9.27. The summed E-state index contributed by atoms with van der Waals surface area (Å²) in [5.41, 5.74) is 2.72. The predicted octanol–water partition coefficient (Wildman–Crippen LogP) is 2.41. The van der Waals surface area contributed by atoms with Gasteiger partial charge in [0, 0.05) is 12.6 Å². The molecule has 1 aliphatic carbocycles. The standard InChI is InChI=1S/C16H23NO2S/c1-12-4-6-13(7-5-12)14-9-15(10-14)17-11-16-3-2-8-20(16,18)19/h4-7,14-17H,2-3,8-11H2,1H3. The molecule has 110 valence electrons. The molecule has 1 saturated carbocycles. The molecule has 20 heavy (non-hydrogen) atoms. The Bertz CT molecular complexity index is 559. The summed E-state index contributed by atoms with van der Waals surface area (Å²) in [5, 5.41) is 3.31. The zero-order valence-electron chi connectivity index (χ0n) is 12.0. The Hall–Kier alpha value is -0.870. The molecule has 3 rings (SSSR count). The normalized spacial score (nSPS) is 31.9. The SMILES string of the molecule is Cc1ccc(C2CC(NCC3CCCS3(=O)=O)C2)cc1. The lowest BCUT2D eigenvalue weighted by Crippen LogP contribution is -2.44.